The fourth-order valence-electron chi connectivity index (χ4n) is 3.59. The zero-order valence-electron chi connectivity index (χ0n) is 17.9. The molecule has 174 valence electrons. The van der Waals surface area contributed by atoms with Crippen molar-refractivity contribution in [3.63, 3.8) is 0 Å². The summed E-state index contributed by atoms with van der Waals surface area (Å²) in [5, 5.41) is 26.8. The number of fused-ring (bicyclic) bond motifs is 1. The second kappa shape index (κ2) is 10.4. The lowest BCUT2D eigenvalue weighted by molar-refractivity contribution is -0.138. The van der Waals surface area contributed by atoms with Crippen molar-refractivity contribution in [2.24, 2.45) is 0 Å². The van der Waals surface area contributed by atoms with Crippen LogP contribution in [0.25, 0.3) is 0 Å². The molecular formula is C23H27F2IN2O4. The number of carbonyl (C=O) groups is 1. The standard InChI is InChI=1S/C23H27F2IN2O4/c1-23(2,31)22(30)28-19(9-13-7-14(24)10-15(25)8-13)20(29)12-27-18-5-6-32-21-4-3-16(26)11-17(18)21/h3-4,7-8,10-11,18-20,27,29,31H,5-6,9,12H2,1-2H3,(H,28,30)/t18-,19-,20-/m0/s1. The first-order valence-corrected chi connectivity index (χ1v) is 11.4. The molecule has 1 aliphatic rings. The van der Waals surface area contributed by atoms with Gasteiger partial charge in [0.25, 0.3) is 5.91 Å². The van der Waals surface area contributed by atoms with Gasteiger partial charge in [-0.2, -0.15) is 0 Å². The first-order chi connectivity index (χ1) is 15.0. The Kier molecular flexibility index (Phi) is 8.07. The molecule has 2 aromatic carbocycles. The lowest BCUT2D eigenvalue weighted by Crippen LogP contribution is -2.54. The Morgan fingerprint density at radius 1 is 1.25 bits per heavy atom. The third-order valence-corrected chi connectivity index (χ3v) is 5.97. The van der Waals surface area contributed by atoms with Crippen molar-refractivity contribution in [3.8, 4) is 5.75 Å². The summed E-state index contributed by atoms with van der Waals surface area (Å²) in [6.45, 7) is 3.30. The van der Waals surface area contributed by atoms with Crippen LogP contribution in [0.15, 0.2) is 36.4 Å². The van der Waals surface area contributed by atoms with Crippen LogP contribution in [0.5, 0.6) is 5.75 Å². The van der Waals surface area contributed by atoms with Gasteiger partial charge in [-0.25, -0.2) is 8.78 Å². The van der Waals surface area contributed by atoms with Gasteiger partial charge in [-0.05, 0) is 78.8 Å². The minimum Gasteiger partial charge on any atom is -0.493 e. The molecule has 0 aliphatic carbocycles. The smallest absolute Gasteiger partial charge is 0.251 e. The summed E-state index contributed by atoms with van der Waals surface area (Å²) in [4.78, 5) is 12.4. The highest BCUT2D eigenvalue weighted by molar-refractivity contribution is 14.1. The number of carbonyl (C=O) groups excluding carboxylic acids is 1. The van der Waals surface area contributed by atoms with E-state index in [1.165, 1.54) is 13.8 Å². The van der Waals surface area contributed by atoms with E-state index >= 15 is 0 Å². The number of hydrogen-bond donors (Lipinski definition) is 4. The Hall–Kier alpha value is -1.82. The fraction of sp³-hybridized carbons (Fsp3) is 0.435. The lowest BCUT2D eigenvalue weighted by Gasteiger charge is -2.31. The van der Waals surface area contributed by atoms with Crippen molar-refractivity contribution in [2.45, 2.75) is 50.5 Å². The SMILES string of the molecule is CC(C)(O)C(=O)N[C@@H](Cc1cc(F)cc(F)c1)[C@@H](O)CN[C@H]1CCOc2ccc(I)cc21. The summed E-state index contributed by atoms with van der Waals surface area (Å²) >= 11 is 2.22. The maximum Gasteiger partial charge on any atom is 0.251 e. The maximum absolute atomic E-state index is 13.6. The van der Waals surface area contributed by atoms with Gasteiger partial charge in [-0.3, -0.25) is 4.79 Å². The van der Waals surface area contributed by atoms with Crippen LogP contribution in [0.1, 0.15) is 37.4 Å². The van der Waals surface area contributed by atoms with Crippen LogP contribution in [0.3, 0.4) is 0 Å². The molecule has 0 saturated heterocycles. The van der Waals surface area contributed by atoms with Crippen LogP contribution in [-0.2, 0) is 11.2 Å². The molecule has 1 aliphatic heterocycles. The number of halogens is 3. The molecule has 3 atom stereocenters. The molecule has 0 bridgehead atoms. The maximum atomic E-state index is 13.6. The van der Waals surface area contributed by atoms with Gasteiger partial charge in [0.1, 0.15) is 23.0 Å². The monoisotopic (exact) mass is 560 g/mol. The molecule has 0 spiro atoms. The minimum absolute atomic E-state index is 0.0123. The molecule has 0 unspecified atom stereocenters. The highest BCUT2D eigenvalue weighted by Crippen LogP contribution is 2.33. The quantitative estimate of drug-likeness (QED) is 0.373. The number of rotatable bonds is 8. The van der Waals surface area contributed by atoms with Gasteiger partial charge in [0, 0.05) is 34.2 Å². The van der Waals surface area contributed by atoms with Crippen molar-refractivity contribution in [2.75, 3.05) is 13.2 Å². The zero-order valence-corrected chi connectivity index (χ0v) is 20.0. The number of hydrogen-bond acceptors (Lipinski definition) is 5. The molecule has 0 aromatic heterocycles. The van der Waals surface area contributed by atoms with E-state index in [9.17, 15) is 23.8 Å². The van der Waals surface area contributed by atoms with E-state index in [0.717, 1.165) is 33.1 Å². The van der Waals surface area contributed by atoms with E-state index in [-0.39, 0.29) is 24.6 Å². The first kappa shape index (κ1) is 24.8. The van der Waals surface area contributed by atoms with Gasteiger partial charge in [-0.1, -0.05) is 0 Å². The largest absolute Gasteiger partial charge is 0.493 e. The van der Waals surface area contributed by atoms with Gasteiger partial charge in [-0.15, -0.1) is 0 Å². The summed E-state index contributed by atoms with van der Waals surface area (Å²) < 4.78 is 34.0. The predicted molar refractivity (Wildman–Crippen MR) is 124 cm³/mol. The predicted octanol–water partition coefficient (Wildman–Crippen LogP) is 2.84. The van der Waals surface area contributed by atoms with Crippen molar-refractivity contribution >= 4 is 28.5 Å². The second-order valence-corrected chi connectivity index (χ2v) is 9.71. The molecule has 0 radical (unpaired) electrons. The number of amides is 1. The molecule has 2 aromatic rings. The van der Waals surface area contributed by atoms with Crippen LogP contribution in [-0.4, -0.2) is 47.0 Å². The number of aliphatic hydroxyl groups is 2. The summed E-state index contributed by atoms with van der Waals surface area (Å²) in [6.07, 6.45) is -0.390. The summed E-state index contributed by atoms with van der Waals surface area (Å²) in [5.74, 6) is -1.39. The Balaban J connectivity index is 1.74. The van der Waals surface area contributed by atoms with E-state index in [0.29, 0.717) is 13.0 Å². The van der Waals surface area contributed by atoms with Crippen LogP contribution < -0.4 is 15.4 Å². The molecule has 6 nitrogen and oxygen atoms in total. The second-order valence-electron chi connectivity index (χ2n) is 8.47. The molecule has 9 heteroatoms. The van der Waals surface area contributed by atoms with Crippen LogP contribution in [0.2, 0.25) is 0 Å². The average Bonchev–Trinajstić information content (AvgIpc) is 2.70. The van der Waals surface area contributed by atoms with E-state index in [1.54, 1.807) is 0 Å². The first-order valence-electron chi connectivity index (χ1n) is 10.3. The Labute approximate surface area is 199 Å². The molecule has 0 saturated carbocycles. The van der Waals surface area contributed by atoms with Gasteiger partial charge in [0.05, 0.1) is 18.8 Å². The molecule has 32 heavy (non-hydrogen) atoms. The summed E-state index contributed by atoms with van der Waals surface area (Å²) in [5.41, 5.74) is -0.400. The van der Waals surface area contributed by atoms with Crippen LogP contribution >= 0.6 is 22.6 Å². The average molecular weight is 560 g/mol. The molecule has 3 rings (SSSR count). The van der Waals surface area contributed by atoms with Crippen LogP contribution in [0.4, 0.5) is 8.78 Å². The molecule has 1 amide bonds. The van der Waals surface area contributed by atoms with Crippen molar-refractivity contribution in [1.29, 1.82) is 0 Å². The van der Waals surface area contributed by atoms with E-state index < -0.39 is 35.3 Å². The van der Waals surface area contributed by atoms with Gasteiger partial charge < -0.3 is 25.6 Å². The normalized spacial score (nSPS) is 17.8. The van der Waals surface area contributed by atoms with E-state index in [1.807, 2.05) is 18.2 Å². The molecule has 0 fully saturated rings. The lowest BCUT2D eigenvalue weighted by atomic mass is 9.97. The Morgan fingerprint density at radius 2 is 1.94 bits per heavy atom. The summed E-state index contributed by atoms with van der Waals surface area (Å²) in [7, 11) is 0. The number of aliphatic hydroxyl groups excluding tert-OH is 1. The Bertz CT molecular complexity index is 947. The minimum atomic E-state index is -1.67. The fourth-order valence-corrected chi connectivity index (χ4v) is 4.11. The van der Waals surface area contributed by atoms with Gasteiger partial charge in [0.2, 0.25) is 0 Å². The number of nitrogens with one attached hydrogen (secondary N) is 2. The highest BCUT2D eigenvalue weighted by Gasteiger charge is 2.30. The number of benzene rings is 2. The van der Waals surface area contributed by atoms with E-state index in [4.69, 9.17) is 4.74 Å². The summed E-state index contributed by atoms with van der Waals surface area (Å²) in [6, 6.07) is 8.02. The topological polar surface area (TPSA) is 90.8 Å². The van der Waals surface area contributed by atoms with Crippen LogP contribution in [0, 0.1) is 15.2 Å². The van der Waals surface area contributed by atoms with Crippen molar-refractivity contribution in [3.05, 3.63) is 62.7 Å². The number of ether oxygens (including phenoxy) is 1. The zero-order chi connectivity index (χ0) is 23.5. The van der Waals surface area contributed by atoms with E-state index in [2.05, 4.69) is 33.2 Å². The van der Waals surface area contributed by atoms with Crippen molar-refractivity contribution < 1.29 is 28.5 Å². The third kappa shape index (κ3) is 6.60. The third-order valence-electron chi connectivity index (χ3n) is 5.30. The molecule has 4 N–H and O–H groups in total. The van der Waals surface area contributed by atoms with Gasteiger partial charge >= 0.3 is 0 Å². The van der Waals surface area contributed by atoms with Crippen molar-refractivity contribution in [1.82, 2.24) is 10.6 Å². The van der Waals surface area contributed by atoms with Gasteiger partial charge in [0.15, 0.2) is 0 Å². The highest BCUT2D eigenvalue weighted by atomic mass is 127. The molecular weight excluding hydrogens is 533 g/mol. The molecule has 1 heterocycles. The Morgan fingerprint density at radius 3 is 2.59 bits per heavy atom.